The zero-order valence-electron chi connectivity index (χ0n) is 10.3. The standard InChI is InChI=1S/C11H14ClN3O3S/c1-7-4-8(12)9(13)5-10(7)19(17,18)15-3-2-14-11(16)6-15/h4-5H,2-3,6,13H2,1H3,(H,14,16). The second-order valence-electron chi connectivity index (χ2n) is 4.33. The normalized spacial score (nSPS) is 17.3. The highest BCUT2D eigenvalue weighted by Gasteiger charge is 2.30. The number of nitrogen functional groups attached to an aromatic ring is 1. The fourth-order valence-corrected chi connectivity index (χ4v) is 3.76. The second kappa shape index (κ2) is 4.99. The van der Waals surface area contributed by atoms with Gasteiger partial charge in [0.2, 0.25) is 15.9 Å². The van der Waals surface area contributed by atoms with Gasteiger partial charge < -0.3 is 11.1 Å². The van der Waals surface area contributed by atoms with E-state index in [-0.39, 0.29) is 29.6 Å². The van der Waals surface area contributed by atoms with Crippen LogP contribution in [0.25, 0.3) is 0 Å². The number of hydrogen-bond donors (Lipinski definition) is 2. The van der Waals surface area contributed by atoms with Crippen LogP contribution in [-0.4, -0.2) is 38.3 Å². The van der Waals surface area contributed by atoms with E-state index in [0.717, 1.165) is 4.31 Å². The molecule has 2 rings (SSSR count). The van der Waals surface area contributed by atoms with Crippen molar-refractivity contribution in [1.82, 2.24) is 9.62 Å². The van der Waals surface area contributed by atoms with Crippen molar-refractivity contribution in [2.75, 3.05) is 25.4 Å². The number of amides is 1. The Morgan fingerprint density at radius 2 is 2.11 bits per heavy atom. The maximum Gasteiger partial charge on any atom is 0.243 e. The van der Waals surface area contributed by atoms with Gasteiger partial charge >= 0.3 is 0 Å². The summed E-state index contributed by atoms with van der Waals surface area (Å²) >= 11 is 5.85. The van der Waals surface area contributed by atoms with E-state index in [9.17, 15) is 13.2 Å². The van der Waals surface area contributed by atoms with E-state index in [4.69, 9.17) is 17.3 Å². The van der Waals surface area contributed by atoms with Gasteiger partial charge in [0.15, 0.2) is 0 Å². The van der Waals surface area contributed by atoms with Crippen LogP contribution in [0, 0.1) is 6.92 Å². The fourth-order valence-electron chi connectivity index (χ4n) is 1.91. The monoisotopic (exact) mass is 303 g/mol. The van der Waals surface area contributed by atoms with E-state index in [1.807, 2.05) is 0 Å². The van der Waals surface area contributed by atoms with Crippen LogP contribution in [0.15, 0.2) is 17.0 Å². The van der Waals surface area contributed by atoms with Crippen molar-refractivity contribution in [2.45, 2.75) is 11.8 Å². The minimum absolute atomic E-state index is 0.0871. The van der Waals surface area contributed by atoms with E-state index < -0.39 is 10.0 Å². The van der Waals surface area contributed by atoms with Gasteiger partial charge in [-0.2, -0.15) is 4.31 Å². The van der Waals surface area contributed by atoms with Crippen molar-refractivity contribution in [3.8, 4) is 0 Å². The van der Waals surface area contributed by atoms with Crippen molar-refractivity contribution >= 4 is 33.2 Å². The number of piperazine rings is 1. The molecule has 1 amide bonds. The predicted molar refractivity (Wildman–Crippen MR) is 72.4 cm³/mol. The van der Waals surface area contributed by atoms with Crippen LogP contribution >= 0.6 is 11.6 Å². The van der Waals surface area contributed by atoms with Gasteiger partial charge in [-0.1, -0.05) is 11.6 Å². The minimum Gasteiger partial charge on any atom is -0.397 e. The van der Waals surface area contributed by atoms with Crippen molar-refractivity contribution in [2.24, 2.45) is 0 Å². The average molecular weight is 304 g/mol. The molecule has 19 heavy (non-hydrogen) atoms. The van der Waals surface area contributed by atoms with E-state index in [0.29, 0.717) is 17.1 Å². The van der Waals surface area contributed by atoms with Crippen molar-refractivity contribution in [3.05, 3.63) is 22.7 Å². The first-order chi connectivity index (χ1) is 8.82. The molecule has 1 saturated heterocycles. The highest BCUT2D eigenvalue weighted by molar-refractivity contribution is 7.89. The molecule has 6 nitrogen and oxygen atoms in total. The quantitative estimate of drug-likeness (QED) is 0.771. The van der Waals surface area contributed by atoms with Gasteiger partial charge in [-0.05, 0) is 24.6 Å². The lowest BCUT2D eigenvalue weighted by Gasteiger charge is -2.26. The Balaban J connectivity index is 2.44. The smallest absolute Gasteiger partial charge is 0.243 e. The van der Waals surface area contributed by atoms with Gasteiger partial charge in [0.25, 0.3) is 0 Å². The van der Waals surface area contributed by atoms with Crippen LogP contribution in [0.3, 0.4) is 0 Å². The Bertz CT molecular complexity index is 630. The molecule has 0 saturated carbocycles. The van der Waals surface area contributed by atoms with Gasteiger partial charge in [0.05, 0.1) is 22.2 Å². The number of anilines is 1. The maximum atomic E-state index is 12.5. The van der Waals surface area contributed by atoms with Crippen LogP contribution in [0.1, 0.15) is 5.56 Å². The average Bonchev–Trinajstić information content (AvgIpc) is 2.33. The van der Waals surface area contributed by atoms with E-state index >= 15 is 0 Å². The van der Waals surface area contributed by atoms with Crippen molar-refractivity contribution in [1.29, 1.82) is 0 Å². The number of aryl methyl sites for hydroxylation is 1. The third-order valence-corrected chi connectivity index (χ3v) is 5.23. The number of hydrogen-bond acceptors (Lipinski definition) is 4. The lowest BCUT2D eigenvalue weighted by molar-refractivity contribution is -0.122. The number of benzene rings is 1. The van der Waals surface area contributed by atoms with Crippen LogP contribution in [-0.2, 0) is 14.8 Å². The Morgan fingerprint density at radius 1 is 1.42 bits per heavy atom. The molecule has 0 atom stereocenters. The molecular weight excluding hydrogens is 290 g/mol. The number of carbonyl (C=O) groups excluding carboxylic acids is 1. The molecule has 0 radical (unpaired) electrons. The van der Waals surface area contributed by atoms with E-state index in [1.165, 1.54) is 12.1 Å². The fraction of sp³-hybridized carbons (Fsp3) is 0.364. The molecule has 8 heteroatoms. The maximum absolute atomic E-state index is 12.5. The van der Waals surface area contributed by atoms with Gasteiger partial charge in [0.1, 0.15) is 0 Å². The summed E-state index contributed by atoms with van der Waals surface area (Å²) in [6, 6.07) is 2.84. The Hall–Kier alpha value is -1.31. The summed E-state index contributed by atoms with van der Waals surface area (Å²) in [6.45, 7) is 2.02. The zero-order chi connectivity index (χ0) is 14.2. The summed E-state index contributed by atoms with van der Waals surface area (Å²) in [5.41, 5.74) is 6.35. The zero-order valence-corrected chi connectivity index (χ0v) is 11.9. The molecule has 0 bridgehead atoms. The Labute approximate surface area is 116 Å². The first-order valence-electron chi connectivity index (χ1n) is 5.65. The Morgan fingerprint density at radius 3 is 2.74 bits per heavy atom. The van der Waals surface area contributed by atoms with Crippen LogP contribution in [0.2, 0.25) is 5.02 Å². The molecule has 1 aromatic carbocycles. The lowest BCUT2D eigenvalue weighted by Crippen LogP contribution is -2.49. The summed E-state index contributed by atoms with van der Waals surface area (Å²) in [6.07, 6.45) is 0. The molecular formula is C11H14ClN3O3S. The molecule has 1 aromatic rings. The number of nitrogens with one attached hydrogen (secondary N) is 1. The molecule has 1 aliphatic rings. The SMILES string of the molecule is Cc1cc(Cl)c(N)cc1S(=O)(=O)N1CCNC(=O)C1. The van der Waals surface area contributed by atoms with Gasteiger partial charge in [0, 0.05) is 13.1 Å². The Kier molecular flexibility index (Phi) is 3.71. The number of nitrogens with two attached hydrogens (primary N) is 1. The summed E-state index contributed by atoms with van der Waals surface area (Å²) in [7, 11) is -3.73. The predicted octanol–water partition coefficient (Wildman–Crippen LogP) is 0.351. The minimum atomic E-state index is -3.73. The second-order valence-corrected chi connectivity index (χ2v) is 6.64. The van der Waals surface area contributed by atoms with Gasteiger partial charge in [-0.3, -0.25) is 4.79 Å². The number of sulfonamides is 1. The summed E-state index contributed by atoms with van der Waals surface area (Å²) in [5, 5.41) is 2.89. The number of nitrogens with zero attached hydrogens (tertiary/aromatic N) is 1. The van der Waals surface area contributed by atoms with Crippen molar-refractivity contribution < 1.29 is 13.2 Å². The van der Waals surface area contributed by atoms with E-state index in [2.05, 4.69) is 5.32 Å². The highest BCUT2D eigenvalue weighted by Crippen LogP contribution is 2.28. The summed E-state index contributed by atoms with van der Waals surface area (Å²) in [5.74, 6) is -0.311. The van der Waals surface area contributed by atoms with Gasteiger partial charge in [-0.25, -0.2) is 8.42 Å². The number of rotatable bonds is 2. The molecule has 1 heterocycles. The van der Waals surface area contributed by atoms with E-state index in [1.54, 1.807) is 6.92 Å². The molecule has 0 unspecified atom stereocenters. The van der Waals surface area contributed by atoms with Gasteiger partial charge in [-0.15, -0.1) is 0 Å². The third-order valence-electron chi connectivity index (χ3n) is 2.92. The number of carbonyl (C=O) groups is 1. The molecule has 0 aromatic heterocycles. The number of halogens is 1. The first-order valence-corrected chi connectivity index (χ1v) is 7.46. The molecule has 3 N–H and O–H groups in total. The van der Waals surface area contributed by atoms with Crippen LogP contribution in [0.4, 0.5) is 5.69 Å². The molecule has 0 aliphatic carbocycles. The third kappa shape index (κ3) is 2.68. The molecule has 104 valence electrons. The summed E-state index contributed by atoms with van der Waals surface area (Å²) in [4.78, 5) is 11.4. The topological polar surface area (TPSA) is 92.5 Å². The first kappa shape index (κ1) is 14.1. The van der Waals surface area contributed by atoms with Crippen LogP contribution < -0.4 is 11.1 Å². The molecule has 1 aliphatic heterocycles. The van der Waals surface area contributed by atoms with Crippen molar-refractivity contribution in [3.63, 3.8) is 0 Å². The molecule has 1 fully saturated rings. The largest absolute Gasteiger partial charge is 0.397 e. The summed E-state index contributed by atoms with van der Waals surface area (Å²) < 4.78 is 26.1. The molecule has 0 spiro atoms. The lowest BCUT2D eigenvalue weighted by atomic mass is 10.2. The highest BCUT2D eigenvalue weighted by atomic mass is 35.5. The van der Waals surface area contributed by atoms with Crippen LogP contribution in [0.5, 0.6) is 0 Å².